The lowest BCUT2D eigenvalue weighted by molar-refractivity contribution is 0.324. The Morgan fingerprint density at radius 1 is 0.806 bits per heavy atom. The van der Waals surface area contributed by atoms with E-state index in [0.717, 1.165) is 25.2 Å². The molecule has 192 valence electrons. The average Bonchev–Trinajstić information content (AvgIpc) is 3.46. The van der Waals surface area contributed by atoms with Crippen LogP contribution in [-0.4, -0.2) is 29.3 Å². The minimum atomic E-state index is 0.164. The van der Waals surface area contributed by atoms with Gasteiger partial charge >= 0.3 is 0 Å². The van der Waals surface area contributed by atoms with Gasteiger partial charge in [-0.1, -0.05) is 68.2 Å². The number of rotatable bonds is 3. The molecule has 0 aliphatic carbocycles. The Bertz CT molecular complexity index is 1130. The quantitative estimate of drug-likeness (QED) is 0.449. The second-order valence-electron chi connectivity index (χ2n) is 12.3. The van der Waals surface area contributed by atoms with Gasteiger partial charge in [0.2, 0.25) is 0 Å². The van der Waals surface area contributed by atoms with Gasteiger partial charge in [-0.15, -0.1) is 12.8 Å². The topological polar surface area (TPSA) is 77.2 Å². The highest BCUT2D eigenvalue weighted by atomic mass is 15.3. The lowest BCUT2D eigenvalue weighted by atomic mass is 9.97. The molecule has 0 saturated heterocycles. The van der Waals surface area contributed by atoms with Gasteiger partial charge in [0.1, 0.15) is 17.5 Å². The second kappa shape index (κ2) is 12.8. The summed E-state index contributed by atoms with van der Waals surface area (Å²) in [7, 11) is 0. The van der Waals surface area contributed by atoms with Crippen molar-refractivity contribution in [3.05, 3.63) is 53.9 Å². The molecular formula is C29H41N7. The van der Waals surface area contributed by atoms with Crippen LogP contribution in [0.3, 0.4) is 0 Å². The van der Waals surface area contributed by atoms with E-state index in [0.29, 0.717) is 11.4 Å². The standard InChI is InChI=1S/2C10H14N2.C9H13N3/c1-5-9-6-11-12(7-9)8-10(2,3)4;1-5-9-6-7-12(11-9)8-10(2,3)4;1-9(2,3)7-12-8(6-10)4-5-11-12/h2*1,6-7H,8H2,2-4H3;4-5H,7H2,1-3H3. The fourth-order valence-electron chi connectivity index (χ4n) is 3.03. The van der Waals surface area contributed by atoms with Crippen molar-refractivity contribution < 1.29 is 0 Å². The van der Waals surface area contributed by atoms with Gasteiger partial charge in [-0.3, -0.25) is 14.0 Å². The van der Waals surface area contributed by atoms with Crippen LogP contribution in [-0.2, 0) is 19.6 Å². The van der Waals surface area contributed by atoms with Crippen molar-refractivity contribution in [2.45, 2.75) is 81.9 Å². The highest BCUT2D eigenvalue weighted by Crippen LogP contribution is 2.17. The summed E-state index contributed by atoms with van der Waals surface area (Å²) in [6.45, 7) is 22.0. The SMILES string of the molecule is C#Cc1ccn(CC(C)(C)C)n1.C#Cc1cnn(CC(C)(C)C)c1.CC(C)(C)Cn1nccc1C#N. The van der Waals surface area contributed by atoms with Crippen molar-refractivity contribution in [1.29, 1.82) is 5.26 Å². The molecule has 0 bridgehead atoms. The first-order valence-corrected chi connectivity index (χ1v) is 12.0. The maximum atomic E-state index is 8.69. The Hall–Kier alpha value is -3.76. The number of hydrogen-bond acceptors (Lipinski definition) is 4. The number of terminal acetylenes is 2. The number of nitriles is 1. The molecule has 0 aliphatic rings. The molecule has 0 saturated carbocycles. The molecule has 0 N–H and O–H groups in total. The van der Waals surface area contributed by atoms with Crippen LogP contribution in [0.1, 0.15) is 79.3 Å². The van der Waals surface area contributed by atoms with Crippen LogP contribution in [0, 0.1) is 52.3 Å². The summed E-state index contributed by atoms with van der Waals surface area (Å²) in [6.07, 6.45) is 17.6. The van der Waals surface area contributed by atoms with Crippen molar-refractivity contribution in [2.75, 3.05) is 0 Å². The van der Waals surface area contributed by atoms with Gasteiger partial charge in [0.25, 0.3) is 0 Å². The van der Waals surface area contributed by atoms with Crippen molar-refractivity contribution in [3.63, 3.8) is 0 Å². The Labute approximate surface area is 217 Å². The molecule has 0 amide bonds. The third kappa shape index (κ3) is 12.6. The molecular weight excluding hydrogens is 446 g/mol. The fraction of sp³-hybridized carbons (Fsp3) is 0.517. The molecule has 0 radical (unpaired) electrons. The first-order chi connectivity index (χ1) is 16.5. The van der Waals surface area contributed by atoms with E-state index in [4.69, 9.17) is 18.1 Å². The van der Waals surface area contributed by atoms with Gasteiger partial charge in [-0.05, 0) is 34.3 Å². The van der Waals surface area contributed by atoms with Crippen molar-refractivity contribution in [3.8, 4) is 30.8 Å². The van der Waals surface area contributed by atoms with Crippen LogP contribution in [0.5, 0.6) is 0 Å². The van der Waals surface area contributed by atoms with E-state index in [1.54, 1.807) is 23.1 Å². The lowest BCUT2D eigenvalue weighted by Gasteiger charge is -2.18. The summed E-state index contributed by atoms with van der Waals surface area (Å²) in [5.74, 6) is 5.05. The molecule has 3 aromatic rings. The van der Waals surface area contributed by atoms with Crippen LogP contribution < -0.4 is 0 Å². The minimum Gasteiger partial charge on any atom is -0.271 e. The molecule has 3 aromatic heterocycles. The zero-order chi connectivity index (χ0) is 27.6. The third-order valence-electron chi connectivity index (χ3n) is 4.32. The molecule has 3 heterocycles. The van der Waals surface area contributed by atoms with E-state index >= 15 is 0 Å². The molecule has 7 heteroatoms. The number of hydrogen-bond donors (Lipinski definition) is 0. The van der Waals surface area contributed by atoms with E-state index in [1.807, 2.05) is 27.8 Å². The van der Waals surface area contributed by atoms with E-state index in [-0.39, 0.29) is 16.2 Å². The smallest absolute Gasteiger partial charge is 0.138 e. The van der Waals surface area contributed by atoms with Crippen LogP contribution in [0.25, 0.3) is 0 Å². The van der Waals surface area contributed by atoms with Crippen LogP contribution >= 0.6 is 0 Å². The summed E-state index contributed by atoms with van der Waals surface area (Å²) < 4.78 is 5.50. The Kier molecular flexibility index (Phi) is 10.8. The van der Waals surface area contributed by atoms with Crippen molar-refractivity contribution in [2.24, 2.45) is 16.2 Å². The third-order valence-corrected chi connectivity index (χ3v) is 4.32. The first-order valence-electron chi connectivity index (χ1n) is 12.0. The van der Waals surface area contributed by atoms with Gasteiger partial charge < -0.3 is 0 Å². The van der Waals surface area contributed by atoms with Crippen LogP contribution in [0.4, 0.5) is 0 Å². The summed E-state index contributed by atoms with van der Waals surface area (Å²) in [5, 5.41) is 21.1. The summed E-state index contributed by atoms with van der Waals surface area (Å²) in [4.78, 5) is 0. The molecule has 0 aromatic carbocycles. The van der Waals surface area contributed by atoms with Crippen molar-refractivity contribution >= 4 is 0 Å². The Morgan fingerprint density at radius 3 is 1.83 bits per heavy atom. The van der Waals surface area contributed by atoms with Gasteiger partial charge in [-0.2, -0.15) is 20.6 Å². The maximum absolute atomic E-state index is 8.69. The highest BCUT2D eigenvalue weighted by molar-refractivity contribution is 5.26. The van der Waals surface area contributed by atoms with E-state index in [9.17, 15) is 0 Å². The molecule has 0 spiro atoms. The predicted octanol–water partition coefficient (Wildman–Crippen LogP) is 5.62. The fourth-order valence-corrected chi connectivity index (χ4v) is 3.03. The lowest BCUT2D eigenvalue weighted by Crippen LogP contribution is -2.17. The predicted molar refractivity (Wildman–Crippen MR) is 146 cm³/mol. The maximum Gasteiger partial charge on any atom is 0.138 e. The highest BCUT2D eigenvalue weighted by Gasteiger charge is 2.14. The molecule has 0 fully saturated rings. The van der Waals surface area contributed by atoms with Crippen molar-refractivity contribution in [1.82, 2.24) is 29.3 Å². The minimum absolute atomic E-state index is 0.164. The normalized spacial score (nSPS) is 11.2. The zero-order valence-corrected chi connectivity index (χ0v) is 23.4. The van der Waals surface area contributed by atoms with E-state index in [1.165, 1.54) is 0 Å². The van der Waals surface area contributed by atoms with Crippen LogP contribution in [0.2, 0.25) is 0 Å². The van der Waals surface area contributed by atoms with Gasteiger partial charge in [0.05, 0.1) is 18.0 Å². The monoisotopic (exact) mass is 487 g/mol. The molecule has 3 rings (SSSR count). The molecule has 7 nitrogen and oxygen atoms in total. The molecule has 0 atom stereocenters. The van der Waals surface area contributed by atoms with E-state index in [2.05, 4.69) is 95.5 Å². The van der Waals surface area contributed by atoms with E-state index < -0.39 is 0 Å². The van der Waals surface area contributed by atoms with Gasteiger partial charge in [0, 0.05) is 32.0 Å². The Balaban J connectivity index is 0.000000270. The Morgan fingerprint density at radius 2 is 1.39 bits per heavy atom. The molecule has 0 unspecified atom stereocenters. The average molecular weight is 488 g/mol. The van der Waals surface area contributed by atoms with Gasteiger partial charge in [-0.25, -0.2) is 0 Å². The first kappa shape index (κ1) is 30.3. The zero-order valence-electron chi connectivity index (χ0n) is 23.4. The summed E-state index contributed by atoms with van der Waals surface area (Å²) in [5.41, 5.74) is 2.84. The van der Waals surface area contributed by atoms with Gasteiger partial charge in [0.15, 0.2) is 0 Å². The molecule has 36 heavy (non-hydrogen) atoms. The number of nitrogens with zero attached hydrogens (tertiary/aromatic N) is 7. The summed E-state index contributed by atoms with van der Waals surface area (Å²) >= 11 is 0. The molecule has 0 aliphatic heterocycles. The summed E-state index contributed by atoms with van der Waals surface area (Å²) in [6, 6.07) is 5.68. The number of aromatic nitrogens is 6. The van der Waals surface area contributed by atoms with Crippen LogP contribution in [0.15, 0.2) is 36.9 Å². The largest absolute Gasteiger partial charge is 0.271 e. The second-order valence-corrected chi connectivity index (χ2v) is 12.3.